The van der Waals surface area contributed by atoms with E-state index in [9.17, 15) is 0 Å². The van der Waals surface area contributed by atoms with Crippen molar-refractivity contribution < 1.29 is 0 Å². The van der Waals surface area contributed by atoms with E-state index in [2.05, 4.69) is 162 Å². The summed E-state index contributed by atoms with van der Waals surface area (Å²) in [7, 11) is 1.17. The summed E-state index contributed by atoms with van der Waals surface area (Å²) in [6.45, 7) is 0. The van der Waals surface area contributed by atoms with Crippen molar-refractivity contribution in [2.75, 3.05) is 19.2 Å². The van der Waals surface area contributed by atoms with Crippen LogP contribution in [0.2, 0.25) is 0 Å². The lowest BCUT2D eigenvalue weighted by molar-refractivity contribution is 1.08. The van der Waals surface area contributed by atoms with Crippen LogP contribution in [0.25, 0.3) is 66.2 Å². The van der Waals surface area contributed by atoms with E-state index in [1.807, 2.05) is 79.5 Å². The summed E-state index contributed by atoms with van der Waals surface area (Å²) in [5.41, 5.74) is 11.9. The van der Waals surface area contributed by atoms with Gasteiger partial charge in [-0.1, -0.05) is 72.8 Å². The van der Waals surface area contributed by atoms with Gasteiger partial charge in [0.05, 0.1) is 44.8 Å². The predicted molar refractivity (Wildman–Crippen MR) is 278 cm³/mol. The van der Waals surface area contributed by atoms with Gasteiger partial charge in [-0.05, 0) is 120 Å². The molecule has 11 nitrogen and oxygen atoms in total. The van der Waals surface area contributed by atoms with Gasteiger partial charge in [-0.25, -0.2) is 24.9 Å². The largest absolute Gasteiger partial charge is 0.368 e. The zero-order chi connectivity index (χ0) is 44.7. The van der Waals surface area contributed by atoms with Gasteiger partial charge in [0.1, 0.15) is 29.1 Å². The highest BCUT2D eigenvalue weighted by Crippen LogP contribution is 2.49. The van der Waals surface area contributed by atoms with Gasteiger partial charge in [0.2, 0.25) is 0 Å². The number of hydrogen-bond acceptors (Lipinski definition) is 9. The molecule has 2 aliphatic heterocycles. The smallest absolute Gasteiger partial charge is 0.351 e. The Bertz CT molecular complexity index is 3650. The van der Waals surface area contributed by atoms with Gasteiger partial charge < -0.3 is 23.8 Å². The Kier molecular flexibility index (Phi) is 8.50. The summed E-state index contributed by atoms with van der Waals surface area (Å²) in [5, 5.41) is 4.64. The minimum absolute atomic E-state index is 0.582. The number of aromatic nitrogens is 7. The van der Waals surface area contributed by atoms with Gasteiger partial charge in [0.15, 0.2) is 0 Å². The van der Waals surface area contributed by atoms with Gasteiger partial charge in [-0.2, -0.15) is 0 Å². The molecule has 13 heteroatoms. The predicted octanol–water partition coefficient (Wildman–Crippen LogP) is 11.6. The van der Waals surface area contributed by atoms with Gasteiger partial charge in [-0.15, -0.1) is 0 Å². The molecule has 5 aromatic carbocycles. The van der Waals surface area contributed by atoms with Crippen LogP contribution in [-0.2, 0) is 0 Å². The fourth-order valence-corrected chi connectivity index (χ4v) is 10.3. The van der Waals surface area contributed by atoms with Gasteiger partial charge in [0, 0.05) is 58.2 Å². The molecule has 9 heterocycles. The lowest BCUT2D eigenvalue weighted by Gasteiger charge is -2.18. The van der Waals surface area contributed by atoms with E-state index in [0.717, 1.165) is 101 Å². The van der Waals surface area contributed by atoms with Gasteiger partial charge in [0.25, 0.3) is 0 Å². The summed E-state index contributed by atoms with van der Waals surface area (Å²) in [4.78, 5) is 33.3. The maximum Gasteiger partial charge on any atom is 0.368 e. The second-order valence-electron chi connectivity index (χ2n) is 17.1. The van der Waals surface area contributed by atoms with Crippen molar-refractivity contribution >= 4 is 105 Å². The van der Waals surface area contributed by atoms with E-state index in [1.165, 1.54) is 10.8 Å². The van der Waals surface area contributed by atoms with Crippen LogP contribution >= 0.6 is 0 Å². The zero-order valence-electron chi connectivity index (χ0n) is 36.5. The van der Waals surface area contributed by atoms with E-state index >= 15 is 0 Å². The molecule has 0 amide bonds. The number of fused-ring (bicyclic) bond motifs is 8. The third kappa shape index (κ3) is 5.92. The van der Waals surface area contributed by atoms with Crippen LogP contribution in [0.1, 0.15) is 0 Å². The molecule has 0 saturated heterocycles. The molecule has 0 unspecified atom stereocenters. The molecule has 7 aromatic heterocycles. The van der Waals surface area contributed by atoms with Crippen LogP contribution in [0.4, 0.5) is 46.0 Å². The SMILES string of the molecule is B1N(c2ccccn2)c2cc3c4ccccc4n(-c4cccc(-c5ccnc(-n6c7ccccc7c7cc8c(cc76)N(c6ccccn6)BN8c6ccccn6)c5)c4)c3cc2N1c1ccccn1. The number of para-hydroxylation sites is 2. The molecule has 0 atom stereocenters. The van der Waals surface area contributed by atoms with E-state index in [4.69, 9.17) is 24.9 Å². The number of hydrogen-bond donors (Lipinski definition) is 0. The molecule has 0 fully saturated rings. The lowest BCUT2D eigenvalue weighted by atomic mass is 10.1. The van der Waals surface area contributed by atoms with Crippen molar-refractivity contribution in [1.29, 1.82) is 0 Å². The minimum Gasteiger partial charge on any atom is -0.351 e. The average molecular weight is 874 g/mol. The second kappa shape index (κ2) is 15.2. The number of nitrogens with zero attached hydrogens (tertiary/aromatic N) is 11. The van der Waals surface area contributed by atoms with Gasteiger partial charge >= 0.3 is 15.1 Å². The van der Waals surface area contributed by atoms with Crippen LogP contribution in [0.5, 0.6) is 0 Å². The Labute approximate surface area is 392 Å². The van der Waals surface area contributed by atoms with Crippen LogP contribution in [-0.4, -0.2) is 49.2 Å². The molecule has 0 N–H and O–H groups in total. The third-order valence-corrected chi connectivity index (χ3v) is 13.4. The number of benzene rings is 5. The normalized spacial score (nSPS) is 13.1. The summed E-state index contributed by atoms with van der Waals surface area (Å²) in [6, 6.07) is 63.9. The van der Waals surface area contributed by atoms with Crippen LogP contribution in [0.3, 0.4) is 0 Å². The van der Waals surface area contributed by atoms with Crippen molar-refractivity contribution in [2.45, 2.75) is 0 Å². The molecule has 0 spiro atoms. The molecular formula is C55H37B2N11. The fraction of sp³-hybridized carbons (Fsp3) is 0. The molecule has 318 valence electrons. The molecule has 0 radical (unpaired) electrons. The van der Waals surface area contributed by atoms with Crippen molar-refractivity contribution in [2.24, 2.45) is 0 Å². The van der Waals surface area contributed by atoms with Gasteiger partial charge in [-0.3, -0.25) is 4.57 Å². The van der Waals surface area contributed by atoms with Crippen LogP contribution in [0, 0.1) is 0 Å². The average Bonchev–Trinajstić information content (AvgIpc) is 4.16. The quantitative estimate of drug-likeness (QED) is 0.145. The topological polar surface area (TPSA) is 87.3 Å². The lowest BCUT2D eigenvalue weighted by Crippen LogP contribution is -2.29. The first-order valence-corrected chi connectivity index (χ1v) is 22.7. The molecular weight excluding hydrogens is 836 g/mol. The molecule has 12 aromatic rings. The first-order valence-electron chi connectivity index (χ1n) is 22.7. The Hall–Kier alpha value is -9.22. The second-order valence-corrected chi connectivity index (χ2v) is 17.1. The van der Waals surface area contributed by atoms with E-state index < -0.39 is 0 Å². The third-order valence-electron chi connectivity index (χ3n) is 13.4. The summed E-state index contributed by atoms with van der Waals surface area (Å²) in [6.07, 6.45) is 9.33. The maximum absolute atomic E-state index is 5.08. The number of anilines is 8. The Morgan fingerprint density at radius 3 is 1.21 bits per heavy atom. The highest BCUT2D eigenvalue weighted by atomic mass is 15.3. The molecule has 14 rings (SSSR count). The van der Waals surface area contributed by atoms with E-state index in [1.54, 1.807) is 0 Å². The van der Waals surface area contributed by atoms with Crippen molar-refractivity contribution in [3.05, 3.63) is 213 Å². The molecule has 0 saturated carbocycles. The number of pyridine rings is 5. The van der Waals surface area contributed by atoms with E-state index in [-0.39, 0.29) is 0 Å². The molecule has 2 aliphatic rings. The maximum atomic E-state index is 5.08. The molecule has 68 heavy (non-hydrogen) atoms. The van der Waals surface area contributed by atoms with Crippen LogP contribution < -0.4 is 19.2 Å². The van der Waals surface area contributed by atoms with Crippen molar-refractivity contribution in [1.82, 2.24) is 34.1 Å². The Morgan fingerprint density at radius 2 is 0.706 bits per heavy atom. The Balaban J connectivity index is 0.914. The molecule has 0 aliphatic carbocycles. The fourth-order valence-electron chi connectivity index (χ4n) is 10.3. The highest BCUT2D eigenvalue weighted by Gasteiger charge is 2.34. The standard InChI is InChI=1S/C55H37B2N11/c1-3-18-43-39(16-1)41-32-47-49(67(53-22-7-11-27-60-53)56-65(47)51-20-5-9-25-58-51)34-45(41)63(43)38-15-13-14-36(30-38)37-24-29-62-55(31-37)64-44-19-4-2-17-40(44)42-33-48-50(35-46(42)64)68(54-23-8-12-28-61-54)57-66(48)52-21-6-10-26-59-52/h1-35,56-57H. The summed E-state index contributed by atoms with van der Waals surface area (Å²) in [5.74, 6) is 4.37. The van der Waals surface area contributed by atoms with Crippen LogP contribution in [0.15, 0.2) is 213 Å². The zero-order valence-corrected chi connectivity index (χ0v) is 36.5. The van der Waals surface area contributed by atoms with Crippen molar-refractivity contribution in [3.8, 4) is 22.6 Å². The first-order chi connectivity index (χ1) is 33.7. The number of rotatable bonds is 7. The Morgan fingerprint density at radius 1 is 0.279 bits per heavy atom. The first kappa shape index (κ1) is 38.1. The monoisotopic (exact) mass is 873 g/mol. The highest BCUT2D eigenvalue weighted by molar-refractivity contribution is 6.56. The minimum atomic E-state index is 0.582. The summed E-state index contributed by atoms with van der Waals surface area (Å²) >= 11 is 0. The molecule has 0 bridgehead atoms. The van der Waals surface area contributed by atoms with Crippen molar-refractivity contribution in [3.63, 3.8) is 0 Å². The summed E-state index contributed by atoms with van der Waals surface area (Å²) < 4.78 is 4.69. The van der Waals surface area contributed by atoms with E-state index in [0.29, 0.717) is 15.1 Å².